The maximum Gasteiger partial charge on any atom is 0.277 e. The fourth-order valence-electron chi connectivity index (χ4n) is 2.99. The number of likely N-dealkylation sites (N-methyl/N-ethyl adjacent to an activating group) is 1. The zero-order valence-electron chi connectivity index (χ0n) is 14.4. The normalized spacial score (nSPS) is 15.9. The van der Waals surface area contributed by atoms with Crippen molar-refractivity contribution >= 4 is 27.8 Å². The van der Waals surface area contributed by atoms with Crippen LogP contribution in [0, 0.1) is 0 Å². The number of rotatable bonds is 5. The average molecular weight is 405 g/mol. The number of nitrogens with one attached hydrogen (secondary N) is 1. The topological polar surface area (TPSA) is 53.8 Å². The third-order valence-corrected chi connectivity index (χ3v) is 4.87. The van der Waals surface area contributed by atoms with Crippen molar-refractivity contribution in [3.63, 3.8) is 0 Å². The number of benzene rings is 1. The molecule has 0 bridgehead atoms. The summed E-state index contributed by atoms with van der Waals surface area (Å²) >= 11 is 3.45. The maximum atomic E-state index is 12.5. The summed E-state index contributed by atoms with van der Waals surface area (Å²) in [6, 6.07) is 10.1. The summed E-state index contributed by atoms with van der Waals surface area (Å²) in [5.41, 5.74) is 1.24. The van der Waals surface area contributed by atoms with Gasteiger partial charge >= 0.3 is 0 Å². The van der Waals surface area contributed by atoms with E-state index in [1.165, 1.54) is 10.5 Å². The Kier molecular flexibility index (Phi) is 5.99. The van der Waals surface area contributed by atoms with Gasteiger partial charge in [-0.05, 0) is 18.2 Å². The van der Waals surface area contributed by atoms with Crippen LogP contribution in [0.25, 0.3) is 0 Å². The smallest absolute Gasteiger partial charge is 0.277 e. The first-order valence-corrected chi connectivity index (χ1v) is 9.26. The van der Waals surface area contributed by atoms with Crippen molar-refractivity contribution in [1.82, 2.24) is 14.9 Å². The van der Waals surface area contributed by atoms with E-state index in [2.05, 4.69) is 50.0 Å². The number of hydrogen-bond acceptors (Lipinski definition) is 4. The van der Waals surface area contributed by atoms with Crippen LogP contribution in [-0.4, -0.2) is 60.5 Å². The Morgan fingerprint density at radius 3 is 2.40 bits per heavy atom. The predicted octanol–water partition coefficient (Wildman–Crippen LogP) is 0.603. The van der Waals surface area contributed by atoms with Crippen LogP contribution in [0.3, 0.4) is 0 Å². The molecular weight excluding hydrogens is 382 g/mol. The summed E-state index contributed by atoms with van der Waals surface area (Å²) in [7, 11) is 2.06. The van der Waals surface area contributed by atoms with Crippen molar-refractivity contribution in [3.05, 3.63) is 52.8 Å². The number of amides is 1. The van der Waals surface area contributed by atoms with Crippen LogP contribution in [-0.2, 0) is 11.3 Å². The van der Waals surface area contributed by atoms with Gasteiger partial charge in [-0.3, -0.25) is 4.79 Å². The van der Waals surface area contributed by atoms with Crippen LogP contribution in [0.5, 0.6) is 0 Å². The molecule has 1 aliphatic rings. The second kappa shape index (κ2) is 8.40. The minimum Gasteiger partial charge on any atom is -0.337 e. The van der Waals surface area contributed by atoms with E-state index < -0.39 is 0 Å². The van der Waals surface area contributed by atoms with Gasteiger partial charge in [0.05, 0.1) is 7.05 Å². The zero-order valence-corrected chi connectivity index (χ0v) is 15.9. The monoisotopic (exact) mass is 404 g/mol. The Hall–Kier alpha value is -1.99. The SMILES string of the molecule is C[NH+](CC(=O)N1CCN(c2ncccn2)CC1)Cc1ccc(Br)cc1. The highest BCUT2D eigenvalue weighted by Gasteiger charge is 2.24. The highest BCUT2D eigenvalue weighted by Crippen LogP contribution is 2.10. The highest BCUT2D eigenvalue weighted by molar-refractivity contribution is 9.10. The first kappa shape index (κ1) is 17.8. The maximum absolute atomic E-state index is 12.5. The van der Waals surface area contributed by atoms with Gasteiger partial charge < -0.3 is 14.7 Å². The largest absolute Gasteiger partial charge is 0.337 e. The minimum atomic E-state index is 0.211. The van der Waals surface area contributed by atoms with Crippen molar-refractivity contribution in [3.8, 4) is 0 Å². The van der Waals surface area contributed by atoms with Crippen molar-refractivity contribution in [2.75, 3.05) is 44.7 Å². The number of aromatic nitrogens is 2. The lowest BCUT2D eigenvalue weighted by Gasteiger charge is -2.34. The molecule has 25 heavy (non-hydrogen) atoms. The zero-order chi connectivity index (χ0) is 17.6. The van der Waals surface area contributed by atoms with Crippen molar-refractivity contribution in [2.45, 2.75) is 6.54 Å². The summed E-state index contributed by atoms with van der Waals surface area (Å²) in [5.74, 6) is 0.954. The third kappa shape index (κ3) is 4.99. The number of nitrogens with zero attached hydrogens (tertiary/aromatic N) is 4. The Bertz CT molecular complexity index is 686. The summed E-state index contributed by atoms with van der Waals surface area (Å²) in [6.45, 7) is 4.36. The average Bonchev–Trinajstić information content (AvgIpc) is 2.64. The number of carbonyl (C=O) groups excluding carboxylic acids is 1. The van der Waals surface area contributed by atoms with Gasteiger partial charge in [-0.1, -0.05) is 28.1 Å². The summed E-state index contributed by atoms with van der Waals surface area (Å²) in [6.07, 6.45) is 3.50. The quantitative estimate of drug-likeness (QED) is 0.792. The third-order valence-electron chi connectivity index (χ3n) is 4.34. The molecule has 0 saturated carbocycles. The molecule has 1 atom stereocenters. The van der Waals surface area contributed by atoms with Gasteiger partial charge in [-0.25, -0.2) is 9.97 Å². The molecule has 1 aliphatic heterocycles. The Morgan fingerprint density at radius 2 is 1.76 bits per heavy atom. The van der Waals surface area contributed by atoms with Crippen LogP contribution < -0.4 is 9.80 Å². The van der Waals surface area contributed by atoms with E-state index in [-0.39, 0.29) is 5.91 Å². The molecule has 0 spiro atoms. The molecule has 0 aliphatic carbocycles. The van der Waals surface area contributed by atoms with E-state index in [1.54, 1.807) is 12.4 Å². The fraction of sp³-hybridized carbons (Fsp3) is 0.389. The molecular formula is C18H23BrN5O+. The van der Waals surface area contributed by atoms with E-state index in [9.17, 15) is 4.79 Å². The summed E-state index contributed by atoms with van der Waals surface area (Å²) in [4.78, 5) is 26.4. The first-order chi connectivity index (χ1) is 12.1. The molecule has 3 rings (SSSR count). The van der Waals surface area contributed by atoms with E-state index in [0.29, 0.717) is 6.54 Å². The van der Waals surface area contributed by atoms with Gasteiger partial charge in [-0.15, -0.1) is 0 Å². The standard InChI is InChI=1S/C18H22BrN5O/c1-22(13-15-3-5-16(19)6-4-15)14-17(25)23-9-11-24(12-10-23)18-20-7-2-8-21-18/h2-8H,9-14H2,1H3/p+1. The lowest BCUT2D eigenvalue weighted by atomic mass is 10.2. The van der Waals surface area contributed by atoms with E-state index in [1.807, 2.05) is 23.1 Å². The molecule has 132 valence electrons. The summed E-state index contributed by atoms with van der Waals surface area (Å²) in [5, 5.41) is 0. The van der Waals surface area contributed by atoms with Crippen molar-refractivity contribution in [2.24, 2.45) is 0 Å². The molecule has 1 aromatic heterocycles. The summed E-state index contributed by atoms with van der Waals surface area (Å²) < 4.78 is 1.07. The van der Waals surface area contributed by atoms with Gasteiger partial charge in [-0.2, -0.15) is 0 Å². The van der Waals surface area contributed by atoms with Gasteiger partial charge in [0.2, 0.25) is 5.95 Å². The van der Waals surface area contributed by atoms with Gasteiger partial charge in [0.25, 0.3) is 5.91 Å². The van der Waals surface area contributed by atoms with Crippen LogP contribution >= 0.6 is 15.9 Å². The van der Waals surface area contributed by atoms with Crippen molar-refractivity contribution < 1.29 is 9.69 Å². The molecule has 6 nitrogen and oxygen atoms in total. The molecule has 1 saturated heterocycles. The van der Waals surface area contributed by atoms with Crippen LogP contribution in [0.4, 0.5) is 5.95 Å². The van der Waals surface area contributed by atoms with E-state index in [4.69, 9.17) is 0 Å². The first-order valence-electron chi connectivity index (χ1n) is 8.47. The number of carbonyl (C=O) groups is 1. The lowest BCUT2D eigenvalue weighted by molar-refractivity contribution is -0.885. The van der Waals surface area contributed by atoms with Crippen LogP contribution in [0.15, 0.2) is 47.2 Å². The Balaban J connectivity index is 1.46. The lowest BCUT2D eigenvalue weighted by Crippen LogP contribution is -3.09. The van der Waals surface area contributed by atoms with Gasteiger partial charge in [0.15, 0.2) is 6.54 Å². The van der Waals surface area contributed by atoms with Gasteiger partial charge in [0.1, 0.15) is 6.54 Å². The second-order valence-corrected chi connectivity index (χ2v) is 7.27. The number of piperazine rings is 1. The molecule has 1 aromatic carbocycles. The van der Waals surface area contributed by atoms with Crippen LogP contribution in [0.1, 0.15) is 5.56 Å². The van der Waals surface area contributed by atoms with E-state index in [0.717, 1.165) is 43.1 Å². The molecule has 7 heteroatoms. The number of hydrogen-bond donors (Lipinski definition) is 1. The second-order valence-electron chi connectivity index (χ2n) is 6.35. The highest BCUT2D eigenvalue weighted by atomic mass is 79.9. The number of anilines is 1. The van der Waals surface area contributed by atoms with E-state index >= 15 is 0 Å². The number of halogens is 1. The molecule has 2 aromatic rings. The van der Waals surface area contributed by atoms with Crippen molar-refractivity contribution in [1.29, 1.82) is 0 Å². The Morgan fingerprint density at radius 1 is 1.12 bits per heavy atom. The molecule has 0 radical (unpaired) electrons. The molecule has 1 unspecified atom stereocenters. The van der Waals surface area contributed by atoms with Gasteiger partial charge in [0, 0.05) is 48.6 Å². The molecule has 2 heterocycles. The molecule has 1 fully saturated rings. The molecule has 1 amide bonds. The predicted molar refractivity (Wildman–Crippen MR) is 100 cm³/mol. The minimum absolute atomic E-state index is 0.211. The number of quaternary nitrogens is 1. The Labute approximate surface area is 156 Å². The fourth-order valence-corrected chi connectivity index (χ4v) is 3.26. The van der Waals surface area contributed by atoms with Crippen LogP contribution in [0.2, 0.25) is 0 Å². The molecule has 1 N–H and O–H groups in total.